The third kappa shape index (κ3) is 3.45. The van der Waals surface area contributed by atoms with Crippen LogP contribution < -0.4 is 14.2 Å². The summed E-state index contributed by atoms with van der Waals surface area (Å²) in [6.07, 6.45) is 0. The maximum atomic E-state index is 10.8. The minimum absolute atomic E-state index is 0.00171. The molecule has 1 aromatic carbocycles. The quantitative estimate of drug-likeness (QED) is 0.610. The lowest BCUT2D eigenvalue weighted by atomic mass is 10.3. The number of rotatable bonds is 5. The molecule has 110 valence electrons. The summed E-state index contributed by atoms with van der Waals surface area (Å²) in [7, 11) is 2.73. The summed E-state index contributed by atoms with van der Waals surface area (Å²) >= 11 is 5.71. The van der Waals surface area contributed by atoms with E-state index in [0.29, 0.717) is 0 Å². The fraction of sp³-hybridized carbons (Fsp3) is 0.182. The van der Waals surface area contributed by atoms with Crippen LogP contribution in [0.15, 0.2) is 18.2 Å². The largest absolute Gasteiger partial charge is 0.467 e. The molecule has 0 aliphatic heterocycles. The van der Waals surface area contributed by atoms with Crippen LogP contribution in [0.3, 0.4) is 0 Å². The molecule has 10 heteroatoms. The van der Waals surface area contributed by atoms with E-state index in [-0.39, 0.29) is 34.5 Å². The Bertz CT molecular complexity index is 659. The number of hydrogen-bond donors (Lipinski definition) is 0. The van der Waals surface area contributed by atoms with Crippen molar-refractivity contribution in [2.75, 3.05) is 14.2 Å². The first kappa shape index (κ1) is 14.7. The van der Waals surface area contributed by atoms with E-state index in [2.05, 4.69) is 15.0 Å². The van der Waals surface area contributed by atoms with Gasteiger partial charge in [-0.3, -0.25) is 10.1 Å². The minimum Gasteiger partial charge on any atom is -0.467 e. The van der Waals surface area contributed by atoms with Gasteiger partial charge in [0.25, 0.3) is 5.69 Å². The van der Waals surface area contributed by atoms with Crippen LogP contribution in [-0.2, 0) is 0 Å². The maximum Gasteiger partial charge on any atom is 0.331 e. The van der Waals surface area contributed by atoms with Crippen LogP contribution in [0.1, 0.15) is 0 Å². The van der Waals surface area contributed by atoms with Gasteiger partial charge in [0.2, 0.25) is 0 Å². The predicted octanol–water partition coefficient (Wildman–Crippen LogP) is 2.24. The van der Waals surface area contributed by atoms with Crippen LogP contribution in [0.5, 0.6) is 23.8 Å². The fourth-order valence-electron chi connectivity index (χ4n) is 1.35. The number of benzene rings is 1. The van der Waals surface area contributed by atoms with Gasteiger partial charge in [-0.1, -0.05) is 11.6 Å². The Balaban J connectivity index is 2.33. The van der Waals surface area contributed by atoms with Crippen molar-refractivity contribution in [2.45, 2.75) is 0 Å². The van der Waals surface area contributed by atoms with Crippen molar-refractivity contribution in [1.29, 1.82) is 0 Å². The van der Waals surface area contributed by atoms with Gasteiger partial charge in [-0.25, -0.2) is 0 Å². The number of ether oxygens (including phenoxy) is 3. The van der Waals surface area contributed by atoms with Crippen LogP contribution >= 0.6 is 11.6 Å². The Hall–Kier alpha value is -2.68. The molecule has 0 amide bonds. The molecule has 1 aromatic heterocycles. The Morgan fingerprint density at radius 2 is 1.67 bits per heavy atom. The van der Waals surface area contributed by atoms with E-state index in [1.165, 1.54) is 26.4 Å². The standard InChI is InChI=1S/C11H9ClN4O5/c1-19-9-13-10(20-2)15-11(14-9)21-6-3-4-7(12)8(5-6)16(17)18/h3-5H,1-2H3. The summed E-state index contributed by atoms with van der Waals surface area (Å²) in [5, 5.41) is 10.8. The van der Waals surface area contributed by atoms with Crippen molar-refractivity contribution in [3.8, 4) is 23.8 Å². The molecular weight excluding hydrogens is 304 g/mol. The molecule has 2 rings (SSSR count). The van der Waals surface area contributed by atoms with Crippen molar-refractivity contribution < 1.29 is 19.1 Å². The van der Waals surface area contributed by atoms with Crippen molar-refractivity contribution in [2.24, 2.45) is 0 Å². The summed E-state index contributed by atoms with van der Waals surface area (Å²) in [4.78, 5) is 21.7. The van der Waals surface area contributed by atoms with Crippen LogP contribution in [0.4, 0.5) is 5.69 Å². The van der Waals surface area contributed by atoms with Gasteiger partial charge in [-0.15, -0.1) is 15.0 Å². The zero-order valence-corrected chi connectivity index (χ0v) is 11.7. The van der Waals surface area contributed by atoms with E-state index in [0.717, 1.165) is 6.07 Å². The molecule has 0 fully saturated rings. The minimum atomic E-state index is -0.621. The third-order valence-corrected chi connectivity index (χ3v) is 2.58. The number of methoxy groups -OCH3 is 2. The molecule has 0 saturated heterocycles. The van der Waals surface area contributed by atoms with Crippen LogP contribution in [0.2, 0.25) is 5.02 Å². The number of nitrogens with zero attached hydrogens (tertiary/aromatic N) is 4. The number of aromatic nitrogens is 3. The molecule has 0 unspecified atom stereocenters. The van der Waals surface area contributed by atoms with E-state index in [1.807, 2.05) is 0 Å². The highest BCUT2D eigenvalue weighted by Crippen LogP contribution is 2.30. The lowest BCUT2D eigenvalue weighted by molar-refractivity contribution is -0.384. The number of hydrogen-bond acceptors (Lipinski definition) is 8. The number of nitro groups is 1. The van der Waals surface area contributed by atoms with Gasteiger partial charge in [-0.2, -0.15) is 0 Å². The highest BCUT2D eigenvalue weighted by Gasteiger charge is 2.15. The molecule has 21 heavy (non-hydrogen) atoms. The average molecular weight is 313 g/mol. The zero-order valence-electron chi connectivity index (χ0n) is 10.9. The van der Waals surface area contributed by atoms with Gasteiger partial charge in [0.05, 0.1) is 25.2 Å². The van der Waals surface area contributed by atoms with E-state index < -0.39 is 4.92 Å². The van der Waals surface area contributed by atoms with E-state index in [9.17, 15) is 10.1 Å². The van der Waals surface area contributed by atoms with Crippen LogP contribution in [0, 0.1) is 10.1 Å². The van der Waals surface area contributed by atoms with Gasteiger partial charge in [0, 0.05) is 0 Å². The molecule has 0 spiro atoms. The van der Waals surface area contributed by atoms with Gasteiger partial charge in [0.15, 0.2) is 0 Å². The summed E-state index contributed by atoms with van der Waals surface area (Å²) < 4.78 is 15.1. The van der Waals surface area contributed by atoms with Gasteiger partial charge in [0.1, 0.15) is 10.8 Å². The first-order chi connectivity index (χ1) is 10.0. The molecule has 2 aromatic rings. The van der Waals surface area contributed by atoms with Crippen LogP contribution in [-0.4, -0.2) is 34.1 Å². The van der Waals surface area contributed by atoms with Crippen molar-refractivity contribution >= 4 is 17.3 Å². The highest BCUT2D eigenvalue weighted by molar-refractivity contribution is 6.32. The van der Waals surface area contributed by atoms with Crippen molar-refractivity contribution in [3.05, 3.63) is 33.3 Å². The normalized spacial score (nSPS) is 10.0. The Kier molecular flexibility index (Phi) is 4.33. The van der Waals surface area contributed by atoms with Crippen LogP contribution in [0.25, 0.3) is 0 Å². The second kappa shape index (κ2) is 6.18. The smallest absolute Gasteiger partial charge is 0.331 e. The van der Waals surface area contributed by atoms with Crippen molar-refractivity contribution in [1.82, 2.24) is 15.0 Å². The first-order valence-corrected chi connectivity index (χ1v) is 5.87. The Labute approximate surface area is 123 Å². The second-order valence-corrected chi connectivity index (χ2v) is 3.97. The molecule has 0 saturated carbocycles. The molecular formula is C11H9ClN4O5. The highest BCUT2D eigenvalue weighted by atomic mass is 35.5. The lowest BCUT2D eigenvalue weighted by Gasteiger charge is -2.06. The van der Waals surface area contributed by atoms with Gasteiger partial charge >= 0.3 is 18.0 Å². The SMILES string of the molecule is COc1nc(OC)nc(Oc2ccc(Cl)c([N+](=O)[O-])c2)n1. The van der Waals surface area contributed by atoms with E-state index in [1.54, 1.807) is 0 Å². The zero-order chi connectivity index (χ0) is 15.4. The van der Waals surface area contributed by atoms with E-state index >= 15 is 0 Å². The lowest BCUT2D eigenvalue weighted by Crippen LogP contribution is -2.01. The topological polar surface area (TPSA) is 110 Å². The summed E-state index contributed by atoms with van der Waals surface area (Å²) in [6, 6.07) is 3.78. The average Bonchev–Trinajstić information content (AvgIpc) is 2.48. The maximum absolute atomic E-state index is 10.8. The molecule has 1 heterocycles. The number of halogens is 1. The molecule has 0 N–H and O–H groups in total. The Morgan fingerprint density at radius 1 is 1.10 bits per heavy atom. The molecule has 0 atom stereocenters. The van der Waals surface area contributed by atoms with Gasteiger partial charge < -0.3 is 14.2 Å². The van der Waals surface area contributed by atoms with Gasteiger partial charge in [-0.05, 0) is 12.1 Å². The summed E-state index contributed by atoms with van der Waals surface area (Å²) in [5.41, 5.74) is -0.290. The molecule has 9 nitrogen and oxygen atoms in total. The monoisotopic (exact) mass is 312 g/mol. The van der Waals surface area contributed by atoms with Crippen molar-refractivity contribution in [3.63, 3.8) is 0 Å². The molecule has 0 bridgehead atoms. The van der Waals surface area contributed by atoms with E-state index in [4.69, 9.17) is 25.8 Å². The molecule has 0 aliphatic carbocycles. The second-order valence-electron chi connectivity index (χ2n) is 3.56. The fourth-order valence-corrected chi connectivity index (χ4v) is 1.54. The third-order valence-electron chi connectivity index (χ3n) is 2.26. The predicted molar refractivity (Wildman–Crippen MR) is 71.1 cm³/mol. The molecule has 0 radical (unpaired) electrons. The Morgan fingerprint density at radius 3 is 2.19 bits per heavy atom. The number of nitro benzene ring substituents is 1. The molecule has 0 aliphatic rings. The summed E-state index contributed by atoms with van der Waals surface area (Å²) in [6.45, 7) is 0. The first-order valence-electron chi connectivity index (χ1n) is 5.49. The summed E-state index contributed by atoms with van der Waals surface area (Å²) in [5.74, 6) is 0.140.